The van der Waals surface area contributed by atoms with Crippen LogP contribution < -0.4 is 11.1 Å². The molecule has 1 heterocycles. The van der Waals surface area contributed by atoms with Gasteiger partial charge in [0.2, 0.25) is 5.89 Å². The third-order valence-corrected chi connectivity index (χ3v) is 3.96. The van der Waals surface area contributed by atoms with E-state index in [1.165, 1.54) is 18.4 Å². The summed E-state index contributed by atoms with van der Waals surface area (Å²) in [5, 5.41) is 2.74. The fraction of sp³-hybridized carbons (Fsp3) is 0.200. The Kier molecular flexibility index (Phi) is 5.76. The molecule has 0 aliphatic heterocycles. The highest BCUT2D eigenvalue weighted by Gasteiger charge is 2.17. The number of nitrogens with zero attached hydrogens (tertiary/aromatic N) is 1. The molecule has 0 saturated carbocycles. The van der Waals surface area contributed by atoms with Crippen LogP contribution in [0.2, 0.25) is 0 Å². The largest absolute Gasteiger partial charge is 0.446 e. The Hall–Kier alpha value is -2.99. The van der Waals surface area contributed by atoms with Crippen molar-refractivity contribution in [3.63, 3.8) is 0 Å². The zero-order valence-corrected chi connectivity index (χ0v) is 14.2. The summed E-state index contributed by atoms with van der Waals surface area (Å²) in [6.07, 6.45) is 2.40. The Balaban J connectivity index is 1.52. The van der Waals surface area contributed by atoms with Crippen molar-refractivity contribution in [1.29, 1.82) is 0 Å². The van der Waals surface area contributed by atoms with Gasteiger partial charge in [0.1, 0.15) is 12.1 Å². The van der Waals surface area contributed by atoms with Crippen molar-refractivity contribution in [3.8, 4) is 0 Å². The molecule has 0 aliphatic carbocycles. The summed E-state index contributed by atoms with van der Waals surface area (Å²) in [6.45, 7) is 0.376. The van der Waals surface area contributed by atoms with Crippen molar-refractivity contribution in [2.24, 2.45) is 5.73 Å². The lowest BCUT2D eigenvalue weighted by Crippen LogP contribution is -2.26. The SMILES string of the molecule is NC(Cc1ccccc1)c1nc(C(=O)NCCc2cccc(F)c2)co1. The molecule has 5 nitrogen and oxygen atoms in total. The Morgan fingerprint density at radius 2 is 1.92 bits per heavy atom. The number of halogens is 1. The predicted molar refractivity (Wildman–Crippen MR) is 96.0 cm³/mol. The molecule has 26 heavy (non-hydrogen) atoms. The van der Waals surface area contributed by atoms with Crippen LogP contribution in [0.1, 0.15) is 33.5 Å². The molecule has 1 amide bonds. The first-order chi connectivity index (χ1) is 12.6. The van der Waals surface area contributed by atoms with Crippen LogP contribution in [0.4, 0.5) is 4.39 Å². The molecule has 1 unspecified atom stereocenters. The summed E-state index contributed by atoms with van der Waals surface area (Å²) < 4.78 is 18.5. The Morgan fingerprint density at radius 1 is 1.15 bits per heavy atom. The van der Waals surface area contributed by atoms with Crippen LogP contribution in [0.5, 0.6) is 0 Å². The minimum atomic E-state index is -0.425. The lowest BCUT2D eigenvalue weighted by molar-refractivity contribution is 0.0949. The van der Waals surface area contributed by atoms with E-state index in [1.807, 2.05) is 36.4 Å². The molecule has 2 aromatic carbocycles. The molecule has 134 valence electrons. The molecule has 3 rings (SSSR count). The fourth-order valence-electron chi connectivity index (χ4n) is 2.62. The Bertz CT molecular complexity index is 864. The fourth-order valence-corrected chi connectivity index (χ4v) is 2.62. The number of hydrogen-bond acceptors (Lipinski definition) is 4. The van der Waals surface area contributed by atoms with Gasteiger partial charge in [-0.25, -0.2) is 9.37 Å². The van der Waals surface area contributed by atoms with Gasteiger partial charge in [-0.3, -0.25) is 4.79 Å². The highest BCUT2D eigenvalue weighted by atomic mass is 19.1. The summed E-state index contributed by atoms with van der Waals surface area (Å²) in [5.74, 6) is -0.310. The summed E-state index contributed by atoms with van der Waals surface area (Å²) in [7, 11) is 0. The molecule has 0 fully saturated rings. The van der Waals surface area contributed by atoms with E-state index >= 15 is 0 Å². The van der Waals surface area contributed by atoms with Crippen LogP contribution in [0.15, 0.2) is 65.3 Å². The lowest BCUT2D eigenvalue weighted by atomic mass is 10.1. The molecule has 1 aromatic heterocycles. The second-order valence-electron chi connectivity index (χ2n) is 6.00. The molecule has 3 N–H and O–H groups in total. The number of oxazole rings is 1. The van der Waals surface area contributed by atoms with Gasteiger partial charge in [-0.2, -0.15) is 0 Å². The van der Waals surface area contributed by atoms with Gasteiger partial charge >= 0.3 is 0 Å². The summed E-state index contributed by atoms with van der Waals surface area (Å²) in [4.78, 5) is 16.3. The molecular formula is C20H20FN3O2. The van der Waals surface area contributed by atoms with Gasteiger partial charge in [0.25, 0.3) is 5.91 Å². The summed E-state index contributed by atoms with van der Waals surface area (Å²) in [5.41, 5.74) is 8.17. The number of hydrogen-bond donors (Lipinski definition) is 2. The maximum absolute atomic E-state index is 13.1. The van der Waals surface area contributed by atoms with E-state index < -0.39 is 6.04 Å². The number of carbonyl (C=O) groups is 1. The molecule has 0 radical (unpaired) electrons. The maximum atomic E-state index is 13.1. The highest BCUT2D eigenvalue weighted by molar-refractivity contribution is 5.91. The van der Waals surface area contributed by atoms with E-state index in [2.05, 4.69) is 10.3 Å². The smallest absolute Gasteiger partial charge is 0.273 e. The standard InChI is InChI=1S/C20H20FN3O2/c21-16-8-4-7-15(11-16)9-10-23-19(25)18-13-26-20(24-18)17(22)12-14-5-2-1-3-6-14/h1-8,11,13,17H,9-10,12,22H2,(H,23,25). The normalized spacial score (nSPS) is 11.9. The quantitative estimate of drug-likeness (QED) is 0.684. The minimum absolute atomic E-state index is 0.183. The van der Waals surface area contributed by atoms with Crippen molar-refractivity contribution in [2.75, 3.05) is 6.54 Å². The van der Waals surface area contributed by atoms with Gasteiger partial charge in [0.05, 0.1) is 6.04 Å². The van der Waals surface area contributed by atoms with E-state index in [-0.39, 0.29) is 17.4 Å². The number of amides is 1. The van der Waals surface area contributed by atoms with Gasteiger partial charge in [-0.15, -0.1) is 0 Å². The molecule has 0 bridgehead atoms. The van der Waals surface area contributed by atoms with Gasteiger partial charge in [0, 0.05) is 6.54 Å². The monoisotopic (exact) mass is 353 g/mol. The predicted octanol–water partition coefficient (Wildman–Crippen LogP) is 3.03. The summed E-state index contributed by atoms with van der Waals surface area (Å²) in [6, 6.07) is 15.6. The van der Waals surface area contributed by atoms with Gasteiger partial charge in [-0.1, -0.05) is 42.5 Å². The first-order valence-corrected chi connectivity index (χ1v) is 8.39. The zero-order chi connectivity index (χ0) is 18.4. The third kappa shape index (κ3) is 4.77. The number of benzene rings is 2. The number of carbonyl (C=O) groups excluding carboxylic acids is 1. The van der Waals surface area contributed by atoms with Crippen molar-refractivity contribution in [1.82, 2.24) is 10.3 Å². The number of rotatable bonds is 7. The second kappa shape index (κ2) is 8.40. The van der Waals surface area contributed by atoms with Crippen LogP contribution >= 0.6 is 0 Å². The zero-order valence-electron chi connectivity index (χ0n) is 14.2. The van der Waals surface area contributed by atoms with Crippen molar-refractivity contribution >= 4 is 5.91 Å². The number of nitrogens with two attached hydrogens (primary N) is 1. The first kappa shape index (κ1) is 17.8. The molecule has 0 saturated heterocycles. The molecular weight excluding hydrogens is 333 g/mol. The Morgan fingerprint density at radius 3 is 2.69 bits per heavy atom. The first-order valence-electron chi connectivity index (χ1n) is 8.39. The number of nitrogens with one attached hydrogen (secondary N) is 1. The van der Waals surface area contributed by atoms with Gasteiger partial charge in [-0.05, 0) is 36.1 Å². The maximum Gasteiger partial charge on any atom is 0.273 e. The van der Waals surface area contributed by atoms with Crippen molar-refractivity contribution < 1.29 is 13.6 Å². The van der Waals surface area contributed by atoms with Crippen molar-refractivity contribution in [2.45, 2.75) is 18.9 Å². The molecule has 1 atom stereocenters. The van der Waals surface area contributed by atoms with Gasteiger partial charge < -0.3 is 15.5 Å². The summed E-state index contributed by atoms with van der Waals surface area (Å²) >= 11 is 0. The molecule has 0 spiro atoms. The van der Waals surface area contributed by atoms with Crippen LogP contribution in [0.3, 0.4) is 0 Å². The second-order valence-corrected chi connectivity index (χ2v) is 6.00. The van der Waals surface area contributed by atoms with E-state index in [1.54, 1.807) is 6.07 Å². The lowest BCUT2D eigenvalue weighted by Gasteiger charge is -2.07. The van der Waals surface area contributed by atoms with Crippen LogP contribution in [0.25, 0.3) is 0 Å². The highest BCUT2D eigenvalue weighted by Crippen LogP contribution is 2.15. The Labute approximate surface area is 151 Å². The van der Waals surface area contributed by atoms with E-state index in [0.717, 1.165) is 11.1 Å². The topological polar surface area (TPSA) is 81.1 Å². The van der Waals surface area contributed by atoms with E-state index in [9.17, 15) is 9.18 Å². The number of aromatic nitrogens is 1. The average Bonchev–Trinajstić information content (AvgIpc) is 3.13. The molecule has 0 aliphatic rings. The van der Waals surface area contributed by atoms with Crippen molar-refractivity contribution in [3.05, 3.63) is 89.4 Å². The van der Waals surface area contributed by atoms with Gasteiger partial charge in [0.15, 0.2) is 5.69 Å². The van der Waals surface area contributed by atoms with Crippen LogP contribution in [0, 0.1) is 5.82 Å². The minimum Gasteiger partial charge on any atom is -0.446 e. The molecule has 6 heteroatoms. The average molecular weight is 353 g/mol. The van der Waals surface area contributed by atoms with Crippen LogP contribution in [-0.2, 0) is 12.8 Å². The van der Waals surface area contributed by atoms with E-state index in [0.29, 0.717) is 25.3 Å². The third-order valence-electron chi connectivity index (χ3n) is 3.96. The molecule has 3 aromatic rings. The van der Waals surface area contributed by atoms with Crippen LogP contribution in [-0.4, -0.2) is 17.4 Å². The van der Waals surface area contributed by atoms with E-state index in [4.69, 9.17) is 10.2 Å².